The predicted octanol–water partition coefficient (Wildman–Crippen LogP) is 0.168. The molecule has 6 nitrogen and oxygen atoms in total. The van der Waals surface area contributed by atoms with Crippen LogP contribution in [0.4, 0.5) is 0 Å². The lowest BCUT2D eigenvalue weighted by Crippen LogP contribution is -2.41. The smallest absolute Gasteiger partial charge is 0.246 e. The molecule has 1 aliphatic rings. The first-order valence-electron chi connectivity index (χ1n) is 6.65. The fourth-order valence-electron chi connectivity index (χ4n) is 2.24. The molecular weight excluding hydrogens is 312 g/mol. The van der Waals surface area contributed by atoms with Crippen LogP contribution in [0.25, 0.3) is 0 Å². The Hall–Kier alpha value is -0.960. The first-order valence-corrected chi connectivity index (χ1v) is 9.58. The summed E-state index contributed by atoms with van der Waals surface area (Å²) >= 11 is 0. The zero-order valence-electron chi connectivity index (χ0n) is 12.2. The van der Waals surface area contributed by atoms with E-state index in [0.717, 1.165) is 5.56 Å². The van der Waals surface area contributed by atoms with Crippen molar-refractivity contribution in [3.05, 3.63) is 23.8 Å². The summed E-state index contributed by atoms with van der Waals surface area (Å²) in [4.78, 5) is 0.164. The monoisotopic (exact) mass is 332 g/mol. The minimum Gasteiger partial charge on any atom is -0.495 e. The van der Waals surface area contributed by atoms with Crippen LogP contribution in [0.5, 0.6) is 5.75 Å². The number of ether oxygens (including phenoxy) is 1. The van der Waals surface area contributed by atoms with Crippen LogP contribution in [0, 0.1) is 0 Å². The van der Waals surface area contributed by atoms with E-state index in [9.17, 15) is 12.6 Å². The molecule has 0 aliphatic carbocycles. The van der Waals surface area contributed by atoms with Crippen molar-refractivity contribution in [3.63, 3.8) is 0 Å². The molecule has 1 N–H and O–H groups in total. The normalized spacial score (nSPS) is 17.8. The molecule has 1 aromatic carbocycles. The Morgan fingerprint density at radius 3 is 2.57 bits per heavy atom. The van der Waals surface area contributed by atoms with E-state index >= 15 is 0 Å². The van der Waals surface area contributed by atoms with E-state index in [2.05, 4.69) is 5.32 Å². The van der Waals surface area contributed by atoms with Crippen LogP contribution in [0.15, 0.2) is 23.1 Å². The molecule has 0 atom stereocenters. The number of rotatable bonds is 5. The number of benzene rings is 1. The van der Waals surface area contributed by atoms with Gasteiger partial charge in [0.15, 0.2) is 0 Å². The van der Waals surface area contributed by atoms with Crippen LogP contribution in [0.2, 0.25) is 0 Å². The molecule has 0 radical (unpaired) electrons. The van der Waals surface area contributed by atoms with E-state index in [1.165, 1.54) is 11.4 Å². The maximum absolute atomic E-state index is 12.7. The Morgan fingerprint density at radius 2 is 2.00 bits per heavy atom. The van der Waals surface area contributed by atoms with Gasteiger partial charge in [0, 0.05) is 41.9 Å². The third-order valence-corrected chi connectivity index (χ3v) is 6.58. The van der Waals surface area contributed by atoms with Crippen LogP contribution in [-0.2, 0) is 27.4 Å². The fraction of sp³-hybridized carbons (Fsp3) is 0.538. The number of hydrogen-bond donors (Lipinski definition) is 1. The topological polar surface area (TPSA) is 75.7 Å². The van der Waals surface area contributed by atoms with Gasteiger partial charge in [-0.3, -0.25) is 4.21 Å². The second-order valence-corrected chi connectivity index (χ2v) is 8.37. The van der Waals surface area contributed by atoms with Crippen molar-refractivity contribution in [1.82, 2.24) is 9.62 Å². The molecule has 1 fully saturated rings. The predicted molar refractivity (Wildman–Crippen MR) is 82.4 cm³/mol. The van der Waals surface area contributed by atoms with Gasteiger partial charge in [0.25, 0.3) is 0 Å². The Morgan fingerprint density at radius 1 is 1.33 bits per heavy atom. The van der Waals surface area contributed by atoms with E-state index in [4.69, 9.17) is 4.74 Å². The van der Waals surface area contributed by atoms with Gasteiger partial charge in [-0.25, -0.2) is 8.42 Å². The van der Waals surface area contributed by atoms with E-state index in [-0.39, 0.29) is 18.0 Å². The Bertz CT molecular complexity index is 621. The van der Waals surface area contributed by atoms with Gasteiger partial charge in [-0.1, -0.05) is 6.07 Å². The fourth-order valence-corrected chi connectivity index (χ4v) is 5.10. The minimum absolute atomic E-state index is 0.164. The van der Waals surface area contributed by atoms with E-state index in [1.807, 2.05) is 7.05 Å². The van der Waals surface area contributed by atoms with Crippen LogP contribution in [0.3, 0.4) is 0 Å². The third kappa shape index (κ3) is 3.63. The highest BCUT2D eigenvalue weighted by atomic mass is 32.2. The standard InChI is InChI=1S/C13H20N2O4S2/c1-14-10-11-3-4-13(12(9-11)19-2)21(17,18)15-5-7-20(16)8-6-15/h3-4,9,14H,5-8,10H2,1-2H3. The lowest BCUT2D eigenvalue weighted by molar-refractivity contribution is 0.394. The second kappa shape index (κ2) is 6.87. The van der Waals surface area contributed by atoms with Gasteiger partial charge >= 0.3 is 0 Å². The molecule has 1 heterocycles. The summed E-state index contributed by atoms with van der Waals surface area (Å²) in [5, 5.41) is 3.01. The average molecular weight is 332 g/mol. The van der Waals surface area contributed by atoms with E-state index < -0.39 is 20.8 Å². The van der Waals surface area contributed by atoms with Crippen molar-refractivity contribution in [2.75, 3.05) is 38.8 Å². The van der Waals surface area contributed by atoms with Gasteiger partial charge in [0.1, 0.15) is 10.6 Å². The summed E-state index contributed by atoms with van der Waals surface area (Å²) in [5.74, 6) is 1.12. The molecule has 1 aromatic rings. The summed E-state index contributed by atoms with van der Waals surface area (Å²) in [6, 6.07) is 5.08. The quantitative estimate of drug-likeness (QED) is 0.832. The SMILES string of the molecule is CNCc1ccc(S(=O)(=O)N2CCS(=O)CC2)c(OC)c1. The highest BCUT2D eigenvalue weighted by molar-refractivity contribution is 7.89. The molecule has 0 amide bonds. The lowest BCUT2D eigenvalue weighted by Gasteiger charge is -2.26. The largest absolute Gasteiger partial charge is 0.495 e. The molecule has 0 unspecified atom stereocenters. The Balaban J connectivity index is 2.33. The van der Waals surface area contributed by atoms with Crippen molar-refractivity contribution in [2.24, 2.45) is 0 Å². The summed E-state index contributed by atoms with van der Waals surface area (Å²) in [6.07, 6.45) is 0. The first kappa shape index (κ1) is 16.4. The molecule has 1 saturated heterocycles. The number of hydrogen-bond acceptors (Lipinski definition) is 5. The zero-order chi connectivity index (χ0) is 15.5. The maximum Gasteiger partial charge on any atom is 0.246 e. The van der Waals surface area contributed by atoms with Gasteiger partial charge in [0.05, 0.1) is 7.11 Å². The van der Waals surface area contributed by atoms with Crippen molar-refractivity contribution >= 4 is 20.8 Å². The summed E-state index contributed by atoms with van der Waals surface area (Å²) in [6.45, 7) is 1.21. The average Bonchev–Trinajstić information content (AvgIpc) is 2.47. The molecule has 1 aliphatic heterocycles. The third-order valence-electron chi connectivity index (χ3n) is 3.36. The van der Waals surface area contributed by atoms with E-state index in [0.29, 0.717) is 23.8 Å². The van der Waals surface area contributed by atoms with Crippen molar-refractivity contribution in [3.8, 4) is 5.75 Å². The summed E-state index contributed by atoms with van der Waals surface area (Å²) in [7, 11) is -1.23. The highest BCUT2D eigenvalue weighted by Crippen LogP contribution is 2.28. The summed E-state index contributed by atoms with van der Waals surface area (Å²) in [5.41, 5.74) is 0.952. The first-order chi connectivity index (χ1) is 9.98. The Labute approximate surface area is 128 Å². The van der Waals surface area contributed by atoms with Gasteiger partial charge in [-0.2, -0.15) is 4.31 Å². The number of nitrogens with zero attached hydrogens (tertiary/aromatic N) is 1. The Kier molecular flexibility index (Phi) is 5.37. The van der Waals surface area contributed by atoms with Gasteiger partial charge < -0.3 is 10.1 Å². The zero-order valence-corrected chi connectivity index (χ0v) is 13.8. The molecule has 8 heteroatoms. The molecule has 0 saturated carbocycles. The molecule has 2 rings (SSSR count). The molecule has 0 spiro atoms. The number of sulfonamides is 1. The molecule has 21 heavy (non-hydrogen) atoms. The van der Waals surface area contributed by atoms with E-state index in [1.54, 1.807) is 18.2 Å². The molecule has 0 aromatic heterocycles. The maximum atomic E-state index is 12.7. The van der Waals surface area contributed by atoms with Crippen LogP contribution >= 0.6 is 0 Å². The number of methoxy groups -OCH3 is 1. The van der Waals surface area contributed by atoms with Crippen molar-refractivity contribution < 1.29 is 17.4 Å². The number of nitrogens with one attached hydrogen (secondary N) is 1. The lowest BCUT2D eigenvalue weighted by atomic mass is 10.2. The highest BCUT2D eigenvalue weighted by Gasteiger charge is 2.30. The molecule has 118 valence electrons. The van der Waals surface area contributed by atoms with Crippen molar-refractivity contribution in [2.45, 2.75) is 11.4 Å². The van der Waals surface area contributed by atoms with Crippen molar-refractivity contribution in [1.29, 1.82) is 0 Å². The summed E-state index contributed by atoms with van der Waals surface area (Å²) < 4.78 is 43.3. The van der Waals surface area contributed by atoms with Gasteiger partial charge in [-0.05, 0) is 24.7 Å². The van der Waals surface area contributed by atoms with Crippen LogP contribution in [-0.4, -0.2) is 55.7 Å². The second-order valence-electron chi connectivity index (χ2n) is 4.77. The molecule has 0 bridgehead atoms. The molecular formula is C13H20N2O4S2. The van der Waals surface area contributed by atoms with Gasteiger partial charge in [-0.15, -0.1) is 0 Å². The minimum atomic E-state index is -3.61. The van der Waals surface area contributed by atoms with Gasteiger partial charge in [0.2, 0.25) is 10.0 Å². The van der Waals surface area contributed by atoms with Crippen LogP contribution < -0.4 is 10.1 Å². The van der Waals surface area contributed by atoms with Crippen LogP contribution in [0.1, 0.15) is 5.56 Å².